The fraction of sp³-hybridized carbons (Fsp3) is 0.308. The van der Waals surface area contributed by atoms with Gasteiger partial charge in [-0.15, -0.1) is 0 Å². The average Bonchev–Trinajstić information content (AvgIpc) is 2.38. The highest BCUT2D eigenvalue weighted by atomic mass is 79.9. The van der Waals surface area contributed by atoms with Crippen LogP contribution < -0.4 is 0 Å². The Morgan fingerprint density at radius 2 is 1.84 bits per heavy atom. The molecule has 0 heterocycles. The van der Waals surface area contributed by atoms with Crippen LogP contribution in [0, 0.1) is 28.5 Å². The van der Waals surface area contributed by atoms with E-state index >= 15 is 0 Å². The molecule has 1 aromatic carbocycles. The molecule has 0 aromatic heterocycles. The first-order chi connectivity index (χ1) is 9.11. The van der Waals surface area contributed by atoms with Crippen molar-refractivity contribution in [2.45, 2.75) is 12.8 Å². The number of halogens is 2. The SMILES string of the molecule is N#CCCN(CCC#N)C(=O)c1c(F)cccc1Br. The molecular formula is C13H11BrFN3O. The van der Waals surface area contributed by atoms with Gasteiger partial charge in [-0.1, -0.05) is 6.07 Å². The molecule has 0 bridgehead atoms. The summed E-state index contributed by atoms with van der Waals surface area (Å²) in [5.41, 5.74) is -0.0709. The minimum Gasteiger partial charge on any atom is -0.336 e. The summed E-state index contributed by atoms with van der Waals surface area (Å²) < 4.78 is 14.1. The summed E-state index contributed by atoms with van der Waals surface area (Å²) in [5, 5.41) is 17.1. The minimum atomic E-state index is -0.627. The average molecular weight is 324 g/mol. The van der Waals surface area contributed by atoms with E-state index in [1.54, 1.807) is 6.07 Å². The Balaban J connectivity index is 2.99. The molecule has 0 radical (unpaired) electrons. The monoisotopic (exact) mass is 323 g/mol. The molecule has 6 heteroatoms. The number of carbonyl (C=O) groups is 1. The Labute approximate surface area is 119 Å². The second-order valence-corrected chi connectivity index (χ2v) is 4.56. The number of hydrogen-bond donors (Lipinski definition) is 0. The Morgan fingerprint density at radius 1 is 1.26 bits per heavy atom. The number of benzene rings is 1. The van der Waals surface area contributed by atoms with Crippen LogP contribution in [0.1, 0.15) is 23.2 Å². The van der Waals surface area contributed by atoms with E-state index in [9.17, 15) is 9.18 Å². The molecule has 0 saturated carbocycles. The second-order valence-electron chi connectivity index (χ2n) is 3.71. The van der Waals surface area contributed by atoms with Gasteiger partial charge in [-0.2, -0.15) is 10.5 Å². The van der Waals surface area contributed by atoms with Gasteiger partial charge in [0.05, 0.1) is 30.5 Å². The molecule has 0 N–H and O–H groups in total. The van der Waals surface area contributed by atoms with E-state index in [-0.39, 0.29) is 31.5 Å². The van der Waals surface area contributed by atoms with Gasteiger partial charge in [-0.25, -0.2) is 4.39 Å². The van der Waals surface area contributed by atoms with Crippen LogP contribution in [-0.4, -0.2) is 23.9 Å². The van der Waals surface area contributed by atoms with E-state index in [1.165, 1.54) is 17.0 Å². The van der Waals surface area contributed by atoms with Gasteiger partial charge < -0.3 is 4.90 Å². The molecule has 0 aliphatic heterocycles. The molecule has 98 valence electrons. The largest absolute Gasteiger partial charge is 0.336 e. The number of carbonyl (C=O) groups excluding carboxylic acids is 1. The van der Waals surface area contributed by atoms with E-state index in [0.29, 0.717) is 4.47 Å². The van der Waals surface area contributed by atoms with Crippen molar-refractivity contribution in [3.63, 3.8) is 0 Å². The molecule has 0 fully saturated rings. The van der Waals surface area contributed by atoms with Crippen LogP contribution in [0.5, 0.6) is 0 Å². The highest BCUT2D eigenvalue weighted by Crippen LogP contribution is 2.21. The lowest BCUT2D eigenvalue weighted by molar-refractivity contribution is 0.0757. The maximum Gasteiger partial charge on any atom is 0.258 e. The van der Waals surface area contributed by atoms with E-state index in [2.05, 4.69) is 15.9 Å². The summed E-state index contributed by atoms with van der Waals surface area (Å²) in [4.78, 5) is 13.6. The predicted molar refractivity (Wildman–Crippen MR) is 70.5 cm³/mol. The number of rotatable bonds is 5. The maximum atomic E-state index is 13.7. The van der Waals surface area contributed by atoms with Crippen LogP contribution in [0.25, 0.3) is 0 Å². The molecule has 0 aliphatic carbocycles. The minimum absolute atomic E-state index is 0.0709. The lowest BCUT2D eigenvalue weighted by Gasteiger charge is -2.21. The molecule has 0 aliphatic rings. The highest BCUT2D eigenvalue weighted by molar-refractivity contribution is 9.10. The van der Waals surface area contributed by atoms with Gasteiger partial charge >= 0.3 is 0 Å². The van der Waals surface area contributed by atoms with Crippen molar-refractivity contribution in [2.75, 3.05) is 13.1 Å². The molecule has 1 amide bonds. The third kappa shape index (κ3) is 4.04. The van der Waals surface area contributed by atoms with Crippen LogP contribution in [0.3, 0.4) is 0 Å². The third-order valence-electron chi connectivity index (χ3n) is 2.45. The van der Waals surface area contributed by atoms with Crippen LogP contribution in [-0.2, 0) is 0 Å². The van der Waals surface area contributed by atoms with Crippen molar-refractivity contribution in [1.82, 2.24) is 4.90 Å². The summed E-state index contributed by atoms with van der Waals surface area (Å²) in [6.45, 7) is 0.357. The number of amides is 1. The zero-order valence-corrected chi connectivity index (χ0v) is 11.7. The van der Waals surface area contributed by atoms with E-state index in [4.69, 9.17) is 10.5 Å². The summed E-state index contributed by atoms with van der Waals surface area (Å²) in [6.07, 6.45) is 0.284. The Bertz CT molecular complexity index is 510. The van der Waals surface area contributed by atoms with Crippen molar-refractivity contribution in [3.8, 4) is 12.1 Å². The summed E-state index contributed by atoms with van der Waals surface area (Å²) >= 11 is 3.13. The van der Waals surface area contributed by atoms with Gasteiger partial charge in [0.25, 0.3) is 5.91 Å². The van der Waals surface area contributed by atoms with Crippen molar-refractivity contribution in [3.05, 3.63) is 34.1 Å². The smallest absolute Gasteiger partial charge is 0.258 e. The lowest BCUT2D eigenvalue weighted by Crippen LogP contribution is -2.33. The van der Waals surface area contributed by atoms with Crippen LogP contribution in [0.15, 0.2) is 22.7 Å². The molecule has 0 unspecified atom stereocenters. The standard InChI is InChI=1S/C13H11BrFN3O/c14-10-4-1-5-11(15)12(10)13(19)18(8-2-6-16)9-3-7-17/h1,4-5H,2-3,8-9H2. The number of hydrogen-bond acceptors (Lipinski definition) is 3. The molecule has 1 aromatic rings. The molecule has 1 rings (SSSR count). The van der Waals surface area contributed by atoms with Crippen molar-refractivity contribution in [1.29, 1.82) is 10.5 Å². The van der Waals surface area contributed by atoms with E-state index in [0.717, 1.165) is 0 Å². The molecule has 0 atom stereocenters. The summed E-state index contributed by atoms with van der Waals surface area (Å²) in [6, 6.07) is 8.12. The first-order valence-electron chi connectivity index (χ1n) is 5.59. The van der Waals surface area contributed by atoms with Crippen LogP contribution in [0.4, 0.5) is 4.39 Å². The first kappa shape index (κ1) is 15.1. The molecule has 19 heavy (non-hydrogen) atoms. The molecule has 0 spiro atoms. The number of nitrogens with zero attached hydrogens (tertiary/aromatic N) is 3. The van der Waals surface area contributed by atoms with Crippen molar-refractivity contribution in [2.24, 2.45) is 0 Å². The van der Waals surface area contributed by atoms with Crippen LogP contribution in [0.2, 0.25) is 0 Å². The quantitative estimate of drug-likeness (QED) is 0.836. The third-order valence-corrected chi connectivity index (χ3v) is 3.11. The van der Waals surface area contributed by atoms with Gasteiger partial charge in [-0.05, 0) is 28.1 Å². The molecule has 0 saturated heterocycles. The van der Waals surface area contributed by atoms with Crippen LogP contribution >= 0.6 is 15.9 Å². The van der Waals surface area contributed by atoms with Gasteiger partial charge in [0.2, 0.25) is 0 Å². The Morgan fingerprint density at radius 3 is 2.32 bits per heavy atom. The normalized spacial score (nSPS) is 9.47. The zero-order valence-electron chi connectivity index (χ0n) is 10.1. The second kappa shape index (κ2) is 7.50. The van der Waals surface area contributed by atoms with E-state index in [1.807, 2.05) is 12.1 Å². The van der Waals surface area contributed by atoms with Gasteiger partial charge in [0, 0.05) is 17.6 Å². The lowest BCUT2D eigenvalue weighted by atomic mass is 10.1. The predicted octanol–water partition coefficient (Wildman–Crippen LogP) is 2.86. The first-order valence-corrected chi connectivity index (χ1v) is 6.38. The maximum absolute atomic E-state index is 13.7. The fourth-order valence-electron chi connectivity index (χ4n) is 1.55. The topological polar surface area (TPSA) is 67.9 Å². The van der Waals surface area contributed by atoms with Gasteiger partial charge in [0.15, 0.2) is 0 Å². The summed E-state index contributed by atoms with van der Waals surface area (Å²) in [7, 11) is 0. The Hall–Kier alpha value is -1.92. The highest BCUT2D eigenvalue weighted by Gasteiger charge is 2.21. The zero-order chi connectivity index (χ0) is 14.3. The Kier molecular flexibility index (Phi) is 5.98. The fourth-order valence-corrected chi connectivity index (χ4v) is 2.06. The molecule has 4 nitrogen and oxygen atoms in total. The van der Waals surface area contributed by atoms with Crippen molar-refractivity contribution < 1.29 is 9.18 Å². The molecular weight excluding hydrogens is 313 g/mol. The van der Waals surface area contributed by atoms with Gasteiger partial charge in [-0.3, -0.25) is 4.79 Å². The van der Waals surface area contributed by atoms with Crippen molar-refractivity contribution >= 4 is 21.8 Å². The summed E-state index contributed by atoms with van der Waals surface area (Å²) in [5.74, 6) is -1.14. The van der Waals surface area contributed by atoms with Gasteiger partial charge in [0.1, 0.15) is 5.82 Å². The van der Waals surface area contributed by atoms with E-state index < -0.39 is 11.7 Å². The number of nitriles is 2.